The van der Waals surface area contributed by atoms with Crippen molar-refractivity contribution in [1.29, 1.82) is 0 Å². The van der Waals surface area contributed by atoms with Crippen molar-refractivity contribution < 1.29 is 18.3 Å². The van der Waals surface area contributed by atoms with Crippen LogP contribution >= 0.6 is 11.6 Å². The van der Waals surface area contributed by atoms with Crippen molar-refractivity contribution in [1.82, 2.24) is 0 Å². The molecule has 0 bridgehead atoms. The zero-order valence-electron chi connectivity index (χ0n) is 12.9. The summed E-state index contributed by atoms with van der Waals surface area (Å²) >= 11 is 5.97. The Kier molecular flexibility index (Phi) is 5.82. The second kappa shape index (κ2) is 7.65. The number of hydrogen-bond donors (Lipinski definition) is 2. The molecule has 24 heavy (non-hydrogen) atoms. The largest absolute Gasteiger partial charge is 0.387 e. The fourth-order valence-corrected chi connectivity index (χ4v) is 3.83. The smallest absolute Gasteiger partial charge is 0.264 e. The molecule has 2 rings (SSSR count). The van der Waals surface area contributed by atoms with E-state index in [4.69, 9.17) is 16.7 Å². The molecule has 6 nitrogen and oxygen atoms in total. The van der Waals surface area contributed by atoms with Crippen molar-refractivity contribution in [3.8, 4) is 0 Å². The molecule has 2 N–H and O–H groups in total. The highest BCUT2D eigenvalue weighted by molar-refractivity contribution is 7.92. The van der Waals surface area contributed by atoms with Crippen LogP contribution in [-0.4, -0.2) is 32.6 Å². The number of hydrogen-bond acceptors (Lipinski definition) is 4. The molecule has 0 atom stereocenters. The van der Waals surface area contributed by atoms with Crippen LogP contribution in [-0.2, 0) is 14.8 Å². The number of para-hydroxylation sites is 1. The molecule has 0 unspecified atom stereocenters. The van der Waals surface area contributed by atoms with Crippen LogP contribution in [0.4, 0.5) is 11.4 Å². The Morgan fingerprint density at radius 3 is 2.46 bits per heavy atom. The minimum Gasteiger partial charge on any atom is -0.387 e. The lowest BCUT2D eigenvalue weighted by atomic mass is 10.3. The van der Waals surface area contributed by atoms with Crippen molar-refractivity contribution in [3.63, 3.8) is 0 Å². The van der Waals surface area contributed by atoms with Crippen LogP contribution in [0.15, 0.2) is 53.4 Å². The van der Waals surface area contributed by atoms with E-state index in [1.54, 1.807) is 37.3 Å². The summed E-state index contributed by atoms with van der Waals surface area (Å²) in [5.74, 6) is -0.679. The molecule has 0 aliphatic rings. The van der Waals surface area contributed by atoms with E-state index in [0.29, 0.717) is 5.69 Å². The molecule has 2 aromatic rings. The second-order valence-corrected chi connectivity index (χ2v) is 7.12. The summed E-state index contributed by atoms with van der Waals surface area (Å²) < 4.78 is 27.1. The van der Waals surface area contributed by atoms with Gasteiger partial charge in [0.05, 0.1) is 21.3 Å². The van der Waals surface area contributed by atoms with Gasteiger partial charge in [-0.3, -0.25) is 9.10 Å². The minimum atomic E-state index is -3.83. The standard InChI is InChI=1S/C16H17ClN2O4S/c1-2-19(12-6-4-3-5-7-12)24(22,23)13-8-9-14(17)15(10-13)18-16(21)11-20/h3-10,20H,2,11H2,1H3,(H,18,21). The molecule has 8 heteroatoms. The number of nitrogens with one attached hydrogen (secondary N) is 1. The lowest BCUT2D eigenvalue weighted by molar-refractivity contribution is -0.118. The monoisotopic (exact) mass is 368 g/mol. The first-order valence-corrected chi connectivity index (χ1v) is 9.00. The number of carbonyl (C=O) groups is 1. The third-order valence-corrected chi connectivity index (χ3v) is 5.50. The Balaban J connectivity index is 2.45. The predicted octanol–water partition coefficient (Wildman–Crippen LogP) is 2.49. The average Bonchev–Trinajstić information content (AvgIpc) is 2.58. The first-order valence-electron chi connectivity index (χ1n) is 7.18. The van der Waals surface area contributed by atoms with Gasteiger partial charge in [0.2, 0.25) is 5.91 Å². The van der Waals surface area contributed by atoms with Gasteiger partial charge in [-0.15, -0.1) is 0 Å². The van der Waals surface area contributed by atoms with Gasteiger partial charge in [0.1, 0.15) is 6.61 Å². The SMILES string of the molecule is CCN(c1ccccc1)S(=O)(=O)c1ccc(Cl)c(NC(=O)CO)c1. The number of benzene rings is 2. The van der Waals surface area contributed by atoms with Crippen LogP contribution in [0, 0.1) is 0 Å². The van der Waals surface area contributed by atoms with Crippen LogP contribution in [0.2, 0.25) is 5.02 Å². The molecule has 0 saturated carbocycles. The minimum absolute atomic E-state index is 0.00848. The number of rotatable bonds is 6. The lowest BCUT2D eigenvalue weighted by Crippen LogP contribution is -2.30. The number of carbonyl (C=O) groups excluding carboxylic acids is 1. The van der Waals surface area contributed by atoms with Crippen molar-refractivity contribution in [2.75, 3.05) is 22.8 Å². The average molecular weight is 369 g/mol. The van der Waals surface area contributed by atoms with E-state index in [1.165, 1.54) is 22.5 Å². The lowest BCUT2D eigenvalue weighted by Gasteiger charge is -2.23. The molecule has 0 spiro atoms. The normalized spacial score (nSPS) is 11.1. The van der Waals surface area contributed by atoms with Gasteiger partial charge in [0, 0.05) is 6.54 Å². The van der Waals surface area contributed by atoms with Crippen LogP contribution in [0.3, 0.4) is 0 Å². The Hall–Kier alpha value is -2.09. The second-order valence-electron chi connectivity index (χ2n) is 4.85. The Morgan fingerprint density at radius 2 is 1.88 bits per heavy atom. The Bertz CT molecular complexity index is 825. The fourth-order valence-electron chi connectivity index (χ4n) is 2.16. The summed E-state index contributed by atoms with van der Waals surface area (Å²) in [7, 11) is -3.83. The van der Waals surface area contributed by atoms with Gasteiger partial charge in [-0.2, -0.15) is 0 Å². The fraction of sp³-hybridized carbons (Fsp3) is 0.188. The highest BCUT2D eigenvalue weighted by atomic mass is 35.5. The van der Waals surface area contributed by atoms with E-state index >= 15 is 0 Å². The van der Waals surface area contributed by atoms with Crippen molar-refractivity contribution in [2.45, 2.75) is 11.8 Å². The molecular formula is C16H17ClN2O4S. The number of halogens is 1. The van der Waals surface area contributed by atoms with Gasteiger partial charge in [-0.05, 0) is 37.3 Å². The Morgan fingerprint density at radius 1 is 1.21 bits per heavy atom. The highest BCUT2D eigenvalue weighted by Crippen LogP contribution is 2.29. The first-order chi connectivity index (χ1) is 11.4. The molecule has 0 heterocycles. The molecule has 0 aliphatic heterocycles. The number of aliphatic hydroxyl groups is 1. The van der Waals surface area contributed by atoms with Crippen LogP contribution in [0.1, 0.15) is 6.92 Å². The van der Waals surface area contributed by atoms with Crippen LogP contribution in [0.25, 0.3) is 0 Å². The van der Waals surface area contributed by atoms with Gasteiger partial charge in [-0.25, -0.2) is 8.42 Å². The zero-order chi connectivity index (χ0) is 17.7. The summed E-state index contributed by atoms with van der Waals surface area (Å²) in [6.07, 6.45) is 0. The molecule has 0 radical (unpaired) electrons. The first kappa shape index (κ1) is 18.3. The quantitative estimate of drug-likeness (QED) is 0.820. The van der Waals surface area contributed by atoms with E-state index in [0.717, 1.165) is 0 Å². The van der Waals surface area contributed by atoms with Gasteiger partial charge >= 0.3 is 0 Å². The van der Waals surface area contributed by atoms with Crippen LogP contribution in [0.5, 0.6) is 0 Å². The Labute approximate surface area is 145 Å². The summed E-state index contributed by atoms with van der Waals surface area (Å²) in [6, 6.07) is 12.7. The summed E-state index contributed by atoms with van der Waals surface area (Å²) in [6.45, 7) is 1.25. The topological polar surface area (TPSA) is 86.7 Å². The van der Waals surface area contributed by atoms with E-state index in [2.05, 4.69) is 5.32 Å². The van der Waals surface area contributed by atoms with E-state index < -0.39 is 22.5 Å². The van der Waals surface area contributed by atoms with E-state index in [9.17, 15) is 13.2 Å². The van der Waals surface area contributed by atoms with Crippen LogP contribution < -0.4 is 9.62 Å². The van der Waals surface area contributed by atoms with Gasteiger partial charge in [-0.1, -0.05) is 29.8 Å². The molecule has 2 aromatic carbocycles. The molecule has 0 aliphatic carbocycles. The van der Waals surface area contributed by atoms with E-state index in [-0.39, 0.29) is 22.2 Å². The maximum absolute atomic E-state index is 12.9. The third-order valence-electron chi connectivity index (χ3n) is 3.27. The molecule has 0 aromatic heterocycles. The number of sulfonamides is 1. The number of anilines is 2. The van der Waals surface area contributed by atoms with Gasteiger partial charge < -0.3 is 10.4 Å². The van der Waals surface area contributed by atoms with Crippen molar-refractivity contribution in [2.24, 2.45) is 0 Å². The van der Waals surface area contributed by atoms with Gasteiger partial charge in [0.25, 0.3) is 10.0 Å². The maximum Gasteiger partial charge on any atom is 0.264 e. The predicted molar refractivity (Wildman–Crippen MR) is 93.8 cm³/mol. The zero-order valence-corrected chi connectivity index (χ0v) is 14.5. The van der Waals surface area contributed by atoms with Crippen molar-refractivity contribution >= 4 is 38.9 Å². The highest BCUT2D eigenvalue weighted by Gasteiger charge is 2.24. The molecule has 0 saturated heterocycles. The molecular weight excluding hydrogens is 352 g/mol. The maximum atomic E-state index is 12.9. The van der Waals surface area contributed by atoms with E-state index in [1.807, 2.05) is 0 Å². The molecule has 1 amide bonds. The number of amides is 1. The number of nitrogens with zero attached hydrogens (tertiary/aromatic N) is 1. The summed E-state index contributed by atoms with van der Waals surface area (Å²) in [4.78, 5) is 11.3. The van der Waals surface area contributed by atoms with Gasteiger partial charge in [0.15, 0.2) is 0 Å². The number of aliphatic hydroxyl groups excluding tert-OH is 1. The molecule has 128 valence electrons. The summed E-state index contributed by atoms with van der Waals surface area (Å²) in [5.41, 5.74) is 0.664. The molecule has 0 fully saturated rings. The summed E-state index contributed by atoms with van der Waals surface area (Å²) in [5, 5.41) is 11.4. The third kappa shape index (κ3) is 3.87. The van der Waals surface area contributed by atoms with Crippen molar-refractivity contribution in [3.05, 3.63) is 53.6 Å².